The van der Waals surface area contributed by atoms with Gasteiger partial charge in [0, 0.05) is 55.6 Å². The Morgan fingerprint density at radius 2 is 1.77 bits per heavy atom. The highest BCUT2D eigenvalue weighted by atomic mass is 32.1. The minimum absolute atomic E-state index is 0.252. The summed E-state index contributed by atoms with van der Waals surface area (Å²) in [6.07, 6.45) is 0. The molecular weight excluding hydrogens is 344 g/mol. The zero-order valence-corrected chi connectivity index (χ0v) is 16.1. The van der Waals surface area contributed by atoms with Gasteiger partial charge in [0.25, 0.3) is 0 Å². The normalized spacial score (nSPS) is 16.4. The molecule has 0 unspecified atom stereocenters. The van der Waals surface area contributed by atoms with E-state index >= 15 is 0 Å². The molecule has 4 nitrogen and oxygen atoms in total. The number of hydrogen-bond acceptors (Lipinski definition) is 5. The molecule has 0 amide bonds. The van der Waals surface area contributed by atoms with Crippen molar-refractivity contribution in [1.29, 1.82) is 0 Å². The van der Waals surface area contributed by atoms with Crippen LogP contribution >= 0.6 is 11.3 Å². The van der Waals surface area contributed by atoms with E-state index in [1.807, 2.05) is 25.2 Å². The molecule has 0 aliphatic carbocycles. The molecule has 1 aliphatic rings. The molecule has 1 aliphatic heterocycles. The maximum Gasteiger partial charge on any atom is 0.336 e. The molecule has 26 heavy (non-hydrogen) atoms. The van der Waals surface area contributed by atoms with Crippen molar-refractivity contribution in [3.63, 3.8) is 0 Å². The van der Waals surface area contributed by atoms with Crippen molar-refractivity contribution in [1.82, 2.24) is 9.80 Å². The number of rotatable bonds is 4. The fourth-order valence-electron chi connectivity index (χ4n) is 3.62. The van der Waals surface area contributed by atoms with E-state index < -0.39 is 0 Å². The van der Waals surface area contributed by atoms with Gasteiger partial charge in [0.1, 0.15) is 5.58 Å². The maximum atomic E-state index is 12.0. The first-order valence-corrected chi connectivity index (χ1v) is 9.98. The van der Waals surface area contributed by atoms with Crippen LogP contribution in [0.5, 0.6) is 0 Å². The molecule has 0 bridgehead atoms. The molecule has 0 atom stereocenters. The lowest BCUT2D eigenvalue weighted by Crippen LogP contribution is -2.45. The zero-order valence-electron chi connectivity index (χ0n) is 15.3. The second kappa shape index (κ2) is 7.35. The standard InChI is InChI=1S/C21H24N2O2S/c1-15-5-6-19-17(12-20(24)25-21(19)16(15)2)13-22-7-9-23(10-8-22)14-18-4-3-11-26-18/h3-6,11-12H,7-10,13-14H2,1-2H3. The van der Waals surface area contributed by atoms with Crippen molar-refractivity contribution in [3.8, 4) is 0 Å². The van der Waals surface area contributed by atoms with Gasteiger partial charge in [0.2, 0.25) is 0 Å². The topological polar surface area (TPSA) is 36.7 Å². The van der Waals surface area contributed by atoms with E-state index in [0.29, 0.717) is 0 Å². The van der Waals surface area contributed by atoms with Crippen LogP contribution in [0.4, 0.5) is 0 Å². The van der Waals surface area contributed by atoms with Crippen LogP contribution in [0.15, 0.2) is 44.9 Å². The third-order valence-corrected chi connectivity index (χ3v) is 6.20. The Balaban J connectivity index is 1.48. The smallest absolute Gasteiger partial charge is 0.336 e. The number of hydrogen-bond donors (Lipinski definition) is 0. The molecule has 2 aromatic heterocycles. The van der Waals surface area contributed by atoms with Gasteiger partial charge in [-0.25, -0.2) is 4.79 Å². The van der Waals surface area contributed by atoms with Gasteiger partial charge in [-0.05, 0) is 42.0 Å². The molecule has 1 aromatic carbocycles. The summed E-state index contributed by atoms with van der Waals surface area (Å²) in [7, 11) is 0. The minimum atomic E-state index is -0.252. The fraction of sp³-hybridized carbons (Fsp3) is 0.381. The van der Waals surface area contributed by atoms with Crippen molar-refractivity contribution in [3.05, 3.63) is 67.7 Å². The highest BCUT2D eigenvalue weighted by Gasteiger charge is 2.19. The first kappa shape index (κ1) is 17.5. The van der Waals surface area contributed by atoms with Gasteiger partial charge in [0.05, 0.1) is 0 Å². The minimum Gasteiger partial charge on any atom is -0.422 e. The summed E-state index contributed by atoms with van der Waals surface area (Å²) in [5.41, 5.74) is 3.77. The average Bonchev–Trinajstić information content (AvgIpc) is 3.13. The molecule has 4 rings (SSSR count). The molecule has 3 aromatic rings. The predicted octanol–water partition coefficient (Wildman–Crippen LogP) is 3.79. The van der Waals surface area contributed by atoms with E-state index in [2.05, 4.69) is 39.4 Å². The molecule has 136 valence electrons. The summed E-state index contributed by atoms with van der Waals surface area (Å²) in [6.45, 7) is 10.1. The Morgan fingerprint density at radius 1 is 1.04 bits per heavy atom. The van der Waals surface area contributed by atoms with Gasteiger partial charge in [-0.1, -0.05) is 18.2 Å². The summed E-state index contributed by atoms with van der Waals surface area (Å²) < 4.78 is 5.50. The van der Waals surface area contributed by atoms with E-state index in [-0.39, 0.29) is 5.63 Å². The van der Waals surface area contributed by atoms with Gasteiger partial charge in [-0.3, -0.25) is 9.80 Å². The Bertz CT molecular complexity index is 954. The van der Waals surface area contributed by atoms with Gasteiger partial charge < -0.3 is 4.42 Å². The molecule has 0 spiro atoms. The predicted molar refractivity (Wildman–Crippen MR) is 107 cm³/mol. The third kappa shape index (κ3) is 3.61. The molecule has 3 heterocycles. The van der Waals surface area contributed by atoms with Crippen LogP contribution in [0, 0.1) is 13.8 Å². The summed E-state index contributed by atoms with van der Waals surface area (Å²) in [5, 5.41) is 3.20. The van der Waals surface area contributed by atoms with Crippen molar-refractivity contribution in [2.75, 3.05) is 26.2 Å². The van der Waals surface area contributed by atoms with Crippen LogP contribution in [0.1, 0.15) is 21.6 Å². The van der Waals surface area contributed by atoms with Crippen molar-refractivity contribution >= 4 is 22.3 Å². The Kier molecular flexibility index (Phi) is 4.94. The van der Waals surface area contributed by atoms with Gasteiger partial charge in [-0.15, -0.1) is 11.3 Å². The third-order valence-electron chi connectivity index (χ3n) is 5.34. The lowest BCUT2D eigenvalue weighted by atomic mass is 10.0. The first-order chi connectivity index (χ1) is 12.6. The Labute approximate surface area is 157 Å². The number of nitrogens with zero attached hydrogens (tertiary/aromatic N) is 2. The van der Waals surface area contributed by atoms with Crippen LogP contribution in [0.25, 0.3) is 11.0 Å². The number of benzene rings is 1. The van der Waals surface area contributed by atoms with Crippen LogP contribution in [0.2, 0.25) is 0 Å². The number of piperazine rings is 1. The van der Waals surface area contributed by atoms with Crippen LogP contribution in [-0.2, 0) is 13.1 Å². The van der Waals surface area contributed by atoms with E-state index in [1.165, 1.54) is 4.88 Å². The van der Waals surface area contributed by atoms with Crippen LogP contribution in [0.3, 0.4) is 0 Å². The van der Waals surface area contributed by atoms with Crippen molar-refractivity contribution < 1.29 is 4.42 Å². The number of aryl methyl sites for hydroxylation is 2. The van der Waals surface area contributed by atoms with Crippen molar-refractivity contribution in [2.45, 2.75) is 26.9 Å². The Hall–Kier alpha value is -1.95. The zero-order chi connectivity index (χ0) is 18.1. The van der Waals surface area contributed by atoms with Gasteiger partial charge in [0.15, 0.2) is 0 Å². The number of thiophene rings is 1. The summed E-state index contributed by atoms with van der Waals surface area (Å²) in [6, 6.07) is 10.2. The molecule has 0 saturated carbocycles. The fourth-order valence-corrected chi connectivity index (χ4v) is 4.37. The summed E-state index contributed by atoms with van der Waals surface area (Å²) >= 11 is 1.83. The van der Waals surface area contributed by atoms with Crippen LogP contribution < -0.4 is 5.63 Å². The molecule has 1 fully saturated rings. The van der Waals surface area contributed by atoms with Gasteiger partial charge >= 0.3 is 5.63 Å². The van der Waals surface area contributed by atoms with E-state index in [1.54, 1.807) is 6.07 Å². The lowest BCUT2D eigenvalue weighted by molar-refractivity contribution is 0.123. The average molecular weight is 369 g/mol. The monoisotopic (exact) mass is 368 g/mol. The highest BCUT2D eigenvalue weighted by Crippen LogP contribution is 2.24. The molecule has 5 heteroatoms. The molecule has 0 radical (unpaired) electrons. The van der Waals surface area contributed by atoms with Crippen LogP contribution in [-0.4, -0.2) is 36.0 Å². The van der Waals surface area contributed by atoms with Gasteiger partial charge in [-0.2, -0.15) is 0 Å². The van der Waals surface area contributed by atoms with E-state index in [9.17, 15) is 4.79 Å². The Morgan fingerprint density at radius 3 is 2.46 bits per heavy atom. The van der Waals surface area contributed by atoms with Crippen molar-refractivity contribution in [2.24, 2.45) is 0 Å². The largest absolute Gasteiger partial charge is 0.422 e. The number of fused-ring (bicyclic) bond motifs is 1. The van der Waals surface area contributed by atoms with E-state index in [4.69, 9.17) is 4.42 Å². The molecule has 0 N–H and O–H groups in total. The summed E-state index contributed by atoms with van der Waals surface area (Å²) in [4.78, 5) is 18.4. The maximum absolute atomic E-state index is 12.0. The second-order valence-electron chi connectivity index (χ2n) is 7.11. The van der Waals surface area contributed by atoms with E-state index in [0.717, 1.165) is 66.9 Å². The highest BCUT2D eigenvalue weighted by molar-refractivity contribution is 7.09. The first-order valence-electron chi connectivity index (χ1n) is 9.10. The second-order valence-corrected chi connectivity index (χ2v) is 8.14. The summed E-state index contributed by atoms with van der Waals surface area (Å²) in [5.74, 6) is 0. The quantitative estimate of drug-likeness (QED) is 0.657. The SMILES string of the molecule is Cc1ccc2c(CN3CCN(Cc4cccs4)CC3)cc(=O)oc2c1C. The molecular formula is C21H24N2O2S. The molecule has 1 saturated heterocycles. The lowest BCUT2D eigenvalue weighted by Gasteiger charge is -2.34.